The Kier molecular flexibility index (Phi) is 3.61. The summed E-state index contributed by atoms with van der Waals surface area (Å²) in [5.74, 6) is 0.615. The number of aryl methyl sites for hydroxylation is 1. The zero-order chi connectivity index (χ0) is 17.4. The van der Waals surface area contributed by atoms with Crippen LogP contribution in [-0.2, 0) is 6.54 Å². The highest BCUT2D eigenvalue weighted by molar-refractivity contribution is 5.90. The van der Waals surface area contributed by atoms with Crippen LogP contribution in [0.15, 0.2) is 48.8 Å². The Bertz CT molecular complexity index is 1040. The van der Waals surface area contributed by atoms with Crippen molar-refractivity contribution in [1.82, 2.24) is 24.5 Å². The van der Waals surface area contributed by atoms with E-state index in [0.29, 0.717) is 23.4 Å². The van der Waals surface area contributed by atoms with E-state index in [2.05, 4.69) is 15.0 Å². The summed E-state index contributed by atoms with van der Waals surface area (Å²) in [6.07, 6.45) is 3.44. The Morgan fingerprint density at radius 1 is 0.960 bits per heavy atom. The van der Waals surface area contributed by atoms with Gasteiger partial charge in [-0.15, -0.1) is 0 Å². The van der Waals surface area contributed by atoms with Crippen LogP contribution < -0.4 is 5.73 Å². The summed E-state index contributed by atoms with van der Waals surface area (Å²) >= 11 is 0. The molecule has 0 unspecified atom stereocenters. The van der Waals surface area contributed by atoms with Gasteiger partial charge in [0.1, 0.15) is 22.9 Å². The van der Waals surface area contributed by atoms with Crippen LogP contribution in [0.4, 0.5) is 10.3 Å². The minimum atomic E-state index is -0.307. The Labute approximate surface area is 143 Å². The summed E-state index contributed by atoms with van der Waals surface area (Å²) in [5.41, 5.74) is 9.46. The third-order valence-corrected chi connectivity index (χ3v) is 3.98. The molecule has 4 rings (SSSR count). The smallest absolute Gasteiger partial charge is 0.222 e. The zero-order valence-corrected chi connectivity index (χ0v) is 13.5. The SMILES string of the molecule is CCn1c(-c2ccncc2)nc2c(-c3ccc(F)cc3)nc(N)nc21. The van der Waals surface area contributed by atoms with E-state index in [1.54, 1.807) is 24.5 Å². The molecule has 0 amide bonds. The van der Waals surface area contributed by atoms with Gasteiger partial charge in [0.2, 0.25) is 5.95 Å². The molecule has 0 saturated carbocycles. The van der Waals surface area contributed by atoms with E-state index in [9.17, 15) is 4.39 Å². The molecule has 6 nitrogen and oxygen atoms in total. The molecule has 0 fully saturated rings. The number of halogens is 1. The van der Waals surface area contributed by atoms with E-state index in [-0.39, 0.29) is 11.8 Å². The molecule has 0 aliphatic carbocycles. The molecule has 3 aromatic heterocycles. The number of anilines is 1. The maximum Gasteiger partial charge on any atom is 0.222 e. The van der Waals surface area contributed by atoms with Crippen LogP contribution in [0.2, 0.25) is 0 Å². The van der Waals surface area contributed by atoms with Gasteiger partial charge in [0.05, 0.1) is 0 Å². The second-order valence-electron chi connectivity index (χ2n) is 5.53. The third-order valence-electron chi connectivity index (χ3n) is 3.98. The van der Waals surface area contributed by atoms with Crippen LogP contribution in [0.25, 0.3) is 33.8 Å². The molecule has 0 aliphatic heterocycles. The standard InChI is InChI=1S/C18H15FN6/c1-2-25-16(12-7-9-21-10-8-12)22-15-14(23-18(20)24-17(15)25)11-3-5-13(19)6-4-11/h3-10H,2H2,1H3,(H2,20,23,24). The number of rotatable bonds is 3. The van der Waals surface area contributed by atoms with E-state index in [1.807, 2.05) is 23.6 Å². The molecule has 0 saturated heterocycles. The number of pyridine rings is 1. The first-order chi connectivity index (χ1) is 12.2. The first-order valence-corrected chi connectivity index (χ1v) is 7.87. The number of fused-ring (bicyclic) bond motifs is 1. The summed E-state index contributed by atoms with van der Waals surface area (Å²) in [5, 5.41) is 0. The lowest BCUT2D eigenvalue weighted by Gasteiger charge is -2.06. The summed E-state index contributed by atoms with van der Waals surface area (Å²) in [6, 6.07) is 9.88. The van der Waals surface area contributed by atoms with Crippen molar-refractivity contribution in [3.63, 3.8) is 0 Å². The molecule has 0 spiro atoms. The fourth-order valence-corrected chi connectivity index (χ4v) is 2.85. The number of nitrogens with zero attached hydrogens (tertiary/aromatic N) is 5. The summed E-state index contributed by atoms with van der Waals surface area (Å²) in [4.78, 5) is 17.5. The number of benzene rings is 1. The summed E-state index contributed by atoms with van der Waals surface area (Å²) < 4.78 is 15.2. The fraction of sp³-hybridized carbons (Fsp3) is 0.111. The molecule has 25 heavy (non-hydrogen) atoms. The van der Waals surface area contributed by atoms with Crippen molar-refractivity contribution >= 4 is 17.1 Å². The summed E-state index contributed by atoms with van der Waals surface area (Å²) in [7, 11) is 0. The highest BCUT2D eigenvalue weighted by Crippen LogP contribution is 2.30. The first kappa shape index (κ1) is 15.2. The number of hydrogen-bond acceptors (Lipinski definition) is 5. The molecule has 1 aromatic carbocycles. The topological polar surface area (TPSA) is 82.5 Å². The van der Waals surface area contributed by atoms with Crippen molar-refractivity contribution in [2.75, 3.05) is 5.73 Å². The molecule has 2 N–H and O–H groups in total. The average molecular weight is 334 g/mol. The van der Waals surface area contributed by atoms with E-state index < -0.39 is 0 Å². The molecular formula is C18H15FN6. The first-order valence-electron chi connectivity index (χ1n) is 7.87. The van der Waals surface area contributed by atoms with Crippen LogP contribution >= 0.6 is 0 Å². The van der Waals surface area contributed by atoms with Crippen molar-refractivity contribution in [1.29, 1.82) is 0 Å². The number of nitrogen functional groups attached to an aromatic ring is 1. The van der Waals surface area contributed by atoms with Gasteiger partial charge in [0, 0.05) is 30.1 Å². The molecular weight excluding hydrogens is 319 g/mol. The molecule has 4 aromatic rings. The van der Waals surface area contributed by atoms with Crippen LogP contribution in [-0.4, -0.2) is 24.5 Å². The highest BCUT2D eigenvalue weighted by atomic mass is 19.1. The lowest BCUT2D eigenvalue weighted by molar-refractivity contribution is 0.628. The second-order valence-corrected chi connectivity index (χ2v) is 5.53. The van der Waals surface area contributed by atoms with Gasteiger partial charge in [-0.3, -0.25) is 4.98 Å². The van der Waals surface area contributed by atoms with Crippen LogP contribution in [0.1, 0.15) is 6.92 Å². The average Bonchev–Trinajstić information content (AvgIpc) is 3.01. The van der Waals surface area contributed by atoms with E-state index in [1.165, 1.54) is 12.1 Å². The molecule has 0 bridgehead atoms. The van der Waals surface area contributed by atoms with E-state index in [4.69, 9.17) is 10.7 Å². The van der Waals surface area contributed by atoms with Crippen molar-refractivity contribution in [2.45, 2.75) is 13.5 Å². The van der Waals surface area contributed by atoms with Gasteiger partial charge in [-0.05, 0) is 43.3 Å². The largest absolute Gasteiger partial charge is 0.368 e. The Morgan fingerprint density at radius 2 is 1.68 bits per heavy atom. The van der Waals surface area contributed by atoms with Gasteiger partial charge in [0.25, 0.3) is 0 Å². The van der Waals surface area contributed by atoms with Gasteiger partial charge < -0.3 is 10.3 Å². The zero-order valence-electron chi connectivity index (χ0n) is 13.5. The fourth-order valence-electron chi connectivity index (χ4n) is 2.85. The molecule has 0 aliphatic rings. The van der Waals surface area contributed by atoms with E-state index in [0.717, 1.165) is 17.0 Å². The molecule has 0 radical (unpaired) electrons. The number of nitrogens with two attached hydrogens (primary N) is 1. The normalized spacial score (nSPS) is 11.1. The van der Waals surface area contributed by atoms with Crippen LogP contribution in [0, 0.1) is 5.82 Å². The number of imidazole rings is 1. The minimum Gasteiger partial charge on any atom is -0.368 e. The van der Waals surface area contributed by atoms with Crippen molar-refractivity contribution in [3.8, 4) is 22.6 Å². The monoisotopic (exact) mass is 334 g/mol. The Morgan fingerprint density at radius 3 is 2.36 bits per heavy atom. The molecule has 7 heteroatoms. The lowest BCUT2D eigenvalue weighted by Crippen LogP contribution is -2.02. The second kappa shape index (κ2) is 5.94. The molecule has 3 heterocycles. The van der Waals surface area contributed by atoms with Crippen LogP contribution in [0.5, 0.6) is 0 Å². The van der Waals surface area contributed by atoms with Crippen molar-refractivity contribution < 1.29 is 4.39 Å². The predicted octanol–water partition coefficient (Wildman–Crippen LogP) is 3.30. The molecule has 124 valence electrons. The summed E-state index contributed by atoms with van der Waals surface area (Å²) in [6.45, 7) is 2.69. The van der Waals surface area contributed by atoms with E-state index >= 15 is 0 Å². The van der Waals surface area contributed by atoms with Gasteiger partial charge >= 0.3 is 0 Å². The Balaban J connectivity index is 2.02. The predicted molar refractivity (Wildman–Crippen MR) is 94.0 cm³/mol. The lowest BCUT2D eigenvalue weighted by atomic mass is 10.1. The van der Waals surface area contributed by atoms with Gasteiger partial charge in [-0.1, -0.05) is 0 Å². The van der Waals surface area contributed by atoms with Gasteiger partial charge in [-0.2, -0.15) is 4.98 Å². The van der Waals surface area contributed by atoms with Crippen molar-refractivity contribution in [3.05, 3.63) is 54.6 Å². The number of aromatic nitrogens is 5. The van der Waals surface area contributed by atoms with Gasteiger partial charge in [-0.25, -0.2) is 14.4 Å². The third kappa shape index (κ3) is 2.59. The quantitative estimate of drug-likeness (QED) is 0.621. The highest BCUT2D eigenvalue weighted by Gasteiger charge is 2.18. The minimum absolute atomic E-state index is 0.155. The maximum absolute atomic E-state index is 13.3. The Hall–Kier alpha value is -3.35. The maximum atomic E-state index is 13.3. The van der Waals surface area contributed by atoms with Crippen LogP contribution in [0.3, 0.4) is 0 Å². The van der Waals surface area contributed by atoms with Crippen molar-refractivity contribution in [2.24, 2.45) is 0 Å². The number of hydrogen-bond donors (Lipinski definition) is 1. The molecule has 0 atom stereocenters. The van der Waals surface area contributed by atoms with Gasteiger partial charge in [0.15, 0.2) is 5.65 Å².